The summed E-state index contributed by atoms with van der Waals surface area (Å²) in [5, 5.41) is 23.2. The van der Waals surface area contributed by atoms with Gasteiger partial charge in [-0.25, -0.2) is 0 Å². The predicted octanol–water partition coefficient (Wildman–Crippen LogP) is 0.963. The number of nitrogens with two attached hydrogens (primary N) is 4. The van der Waals surface area contributed by atoms with E-state index in [2.05, 4.69) is 31.6 Å². The summed E-state index contributed by atoms with van der Waals surface area (Å²) in [6.45, 7) is 11.2. The van der Waals surface area contributed by atoms with Crippen LogP contribution < -0.4 is 49.5 Å². The number of ketones is 3. The van der Waals surface area contributed by atoms with Crippen molar-refractivity contribution in [3.05, 3.63) is 35.9 Å². The summed E-state index contributed by atoms with van der Waals surface area (Å²) >= 11 is 3.67. The number of rotatable bonds is 17. The minimum absolute atomic E-state index is 0.00813. The summed E-state index contributed by atoms with van der Waals surface area (Å²) in [5.74, 6) is -11.9. The molecule has 1 aliphatic heterocycles. The van der Waals surface area contributed by atoms with Crippen LogP contribution in [0.25, 0.3) is 0 Å². The molecule has 0 spiro atoms. The Bertz CT molecular complexity index is 2080. The van der Waals surface area contributed by atoms with E-state index in [4.69, 9.17) is 22.9 Å². The summed E-state index contributed by atoms with van der Waals surface area (Å²) < 4.78 is -0.788. The lowest BCUT2D eigenvalue weighted by Gasteiger charge is -2.27. The first kappa shape index (κ1) is 63.9. The smallest absolute Gasteiger partial charge is 0.304 e. The second-order valence-corrected chi connectivity index (χ2v) is 24.7. The summed E-state index contributed by atoms with van der Waals surface area (Å²) in [6.07, 6.45) is -0.829. The number of carboxylic acids is 1. The number of nitrogens with zero attached hydrogens (tertiary/aromatic N) is 1. The Hall–Kier alpha value is -5.20. The van der Waals surface area contributed by atoms with Crippen molar-refractivity contribution >= 4 is 100 Å². The van der Waals surface area contributed by atoms with E-state index in [0.29, 0.717) is 24.9 Å². The number of nitrogens with one attached hydrogen (secondary N) is 5. The van der Waals surface area contributed by atoms with Crippen LogP contribution in [0, 0.1) is 17.8 Å². The van der Waals surface area contributed by atoms with Crippen molar-refractivity contribution in [2.75, 3.05) is 42.6 Å². The number of benzene rings is 1. The Morgan fingerprint density at radius 2 is 1.27 bits per heavy atom. The first-order chi connectivity index (χ1) is 34.2. The van der Waals surface area contributed by atoms with Gasteiger partial charge in [0.05, 0.1) is 36.7 Å². The zero-order chi connectivity index (χ0) is 54.9. The molecule has 0 bridgehead atoms. The third kappa shape index (κ3) is 27.1. The molecular formula is C49H78N10O11S3. The van der Waals surface area contributed by atoms with Gasteiger partial charge in [0.1, 0.15) is 12.1 Å². The van der Waals surface area contributed by atoms with E-state index in [0.717, 1.165) is 11.8 Å². The van der Waals surface area contributed by atoms with Crippen LogP contribution in [0.15, 0.2) is 35.3 Å². The average molecular weight is 1080 g/mol. The molecule has 0 radical (unpaired) electrons. The Morgan fingerprint density at radius 3 is 1.82 bits per heavy atom. The minimum atomic E-state index is -1.49. The summed E-state index contributed by atoms with van der Waals surface area (Å²) in [7, 11) is 0. The van der Waals surface area contributed by atoms with Gasteiger partial charge in [0, 0.05) is 64.4 Å². The van der Waals surface area contributed by atoms with Crippen LogP contribution in [-0.2, 0) is 54.4 Å². The van der Waals surface area contributed by atoms with Crippen molar-refractivity contribution < 1.29 is 53.1 Å². The van der Waals surface area contributed by atoms with Gasteiger partial charge in [0.2, 0.25) is 35.4 Å². The third-order valence-electron chi connectivity index (χ3n) is 11.2. The van der Waals surface area contributed by atoms with Crippen molar-refractivity contribution in [2.24, 2.45) is 45.7 Å². The van der Waals surface area contributed by atoms with E-state index < -0.39 is 138 Å². The molecule has 2 rings (SSSR count). The number of Topliss-reactive ketones (excluding diaryl/α,β-unsaturated/α-hetero) is 3. The molecule has 0 aromatic heterocycles. The average Bonchev–Trinajstić information content (AvgIpc) is 3.29. The van der Waals surface area contributed by atoms with Gasteiger partial charge >= 0.3 is 5.97 Å². The molecule has 408 valence electrons. The van der Waals surface area contributed by atoms with Crippen molar-refractivity contribution in [2.45, 2.75) is 139 Å². The number of hydrogen-bond acceptors (Lipinski definition) is 15. The lowest BCUT2D eigenvalue weighted by atomic mass is 9.91. The molecule has 0 saturated carbocycles. The molecule has 7 atom stereocenters. The number of aliphatic imine (C=N–C) groups is 1. The van der Waals surface area contributed by atoms with Crippen molar-refractivity contribution in [3.8, 4) is 0 Å². The van der Waals surface area contributed by atoms with Gasteiger partial charge in [0.15, 0.2) is 23.3 Å². The normalized spacial score (nSPS) is 23.5. The van der Waals surface area contributed by atoms with Gasteiger partial charge in [-0.2, -0.15) is 23.5 Å². The van der Waals surface area contributed by atoms with Crippen LogP contribution in [0.5, 0.6) is 0 Å². The third-order valence-corrected chi connectivity index (χ3v) is 15.0. The van der Waals surface area contributed by atoms with Gasteiger partial charge in [0.25, 0.3) is 0 Å². The van der Waals surface area contributed by atoms with E-state index in [-0.39, 0.29) is 65.9 Å². The number of primary amides is 1. The van der Waals surface area contributed by atoms with Crippen molar-refractivity contribution in [1.82, 2.24) is 26.6 Å². The van der Waals surface area contributed by atoms with Gasteiger partial charge in [-0.05, 0) is 50.6 Å². The van der Waals surface area contributed by atoms with E-state index in [1.807, 2.05) is 41.5 Å². The van der Waals surface area contributed by atoms with Crippen LogP contribution in [0.1, 0.15) is 105 Å². The molecule has 1 fully saturated rings. The molecule has 1 aliphatic rings. The maximum Gasteiger partial charge on any atom is 0.304 e. The van der Waals surface area contributed by atoms with Crippen LogP contribution in [0.2, 0.25) is 0 Å². The van der Waals surface area contributed by atoms with Crippen LogP contribution in [0.3, 0.4) is 0 Å². The summed E-state index contributed by atoms with van der Waals surface area (Å²) in [5.41, 5.74) is 23.2. The topological polar surface area (TPSA) is 368 Å². The Morgan fingerprint density at radius 1 is 0.699 bits per heavy atom. The van der Waals surface area contributed by atoms with E-state index >= 15 is 0 Å². The molecule has 0 aliphatic carbocycles. The highest BCUT2D eigenvalue weighted by molar-refractivity contribution is 8.01. The number of thioether (sulfide) groups is 3. The number of unbranched alkanes of at least 4 members (excludes halogenated alkanes) is 1. The molecular weight excluding hydrogens is 1000 g/mol. The molecule has 1 saturated heterocycles. The lowest BCUT2D eigenvalue weighted by molar-refractivity contribution is -0.142. The monoisotopic (exact) mass is 1080 g/mol. The number of carbonyl (C=O) groups is 10. The fraction of sp³-hybridized carbons (Fsp3) is 0.653. The summed E-state index contributed by atoms with van der Waals surface area (Å²) in [6, 6.07) is 3.93. The molecule has 21 nitrogen and oxygen atoms in total. The van der Waals surface area contributed by atoms with Crippen LogP contribution >= 0.6 is 35.3 Å². The fourth-order valence-electron chi connectivity index (χ4n) is 7.35. The second kappa shape index (κ2) is 32.2. The van der Waals surface area contributed by atoms with Gasteiger partial charge < -0.3 is 54.6 Å². The Kier molecular flexibility index (Phi) is 28.2. The zero-order valence-corrected chi connectivity index (χ0v) is 45.4. The first-order valence-electron chi connectivity index (χ1n) is 24.4. The lowest BCUT2D eigenvalue weighted by Crippen LogP contribution is -2.53. The predicted molar refractivity (Wildman–Crippen MR) is 286 cm³/mol. The minimum Gasteiger partial charge on any atom is -0.481 e. The molecule has 1 aromatic rings. The maximum absolute atomic E-state index is 14.3. The van der Waals surface area contributed by atoms with Crippen molar-refractivity contribution in [3.63, 3.8) is 0 Å². The SMILES string of the molecule is CC(C)(C)SC[C@@H]1NC(=O)[C@H](CC(=O)O)CC(=O)CNC(=O)[C@H](CCCN=C(N)N)CC(=O)[C@H](CSC(C)(C)C)NC(=O)[C@H](CCCCN)NC(=O)CSC[C@@H](C(N)=O)NC(=O)[C@H](Cc2ccccc2)CC1=O. The zero-order valence-electron chi connectivity index (χ0n) is 43.0. The molecule has 1 heterocycles. The van der Waals surface area contributed by atoms with Gasteiger partial charge in [-0.3, -0.25) is 52.9 Å². The Labute approximate surface area is 441 Å². The van der Waals surface area contributed by atoms with Crippen LogP contribution in [0.4, 0.5) is 0 Å². The number of guanidine groups is 1. The highest BCUT2D eigenvalue weighted by atomic mass is 32.2. The maximum atomic E-state index is 14.3. The highest BCUT2D eigenvalue weighted by Gasteiger charge is 2.35. The van der Waals surface area contributed by atoms with Crippen LogP contribution in [-0.4, -0.2) is 146 Å². The van der Waals surface area contributed by atoms with E-state index in [1.54, 1.807) is 30.3 Å². The Balaban J connectivity index is 2.71. The number of carboxylic acid groups (broad SMARTS) is 1. The number of aliphatic carboxylic acids is 1. The molecule has 24 heteroatoms. The molecule has 14 N–H and O–H groups in total. The molecule has 0 unspecified atom stereocenters. The number of carbonyl (C=O) groups excluding carboxylic acids is 9. The van der Waals surface area contributed by atoms with Gasteiger partial charge in [-0.15, -0.1) is 11.8 Å². The van der Waals surface area contributed by atoms with E-state index in [1.165, 1.54) is 23.5 Å². The molecule has 73 heavy (non-hydrogen) atoms. The fourth-order valence-corrected chi connectivity index (χ4v) is 10.1. The second-order valence-electron chi connectivity index (χ2n) is 20.0. The summed E-state index contributed by atoms with van der Waals surface area (Å²) in [4.78, 5) is 141. The first-order valence-corrected chi connectivity index (χ1v) is 27.5. The number of amides is 6. The largest absolute Gasteiger partial charge is 0.481 e. The van der Waals surface area contributed by atoms with E-state index in [9.17, 15) is 53.1 Å². The highest BCUT2D eigenvalue weighted by Crippen LogP contribution is 2.27. The molecule has 6 amide bonds. The number of hydrogen-bond donors (Lipinski definition) is 10. The standard InChI is InChI=1S/C49H78N10O11S3/c1-48(2,3)72-26-35-39(62)22-31(19-29-13-8-7-9-14-29)44(68)59-37(42(51)66)25-71-28-40(63)56-34(16-10-11-17-50)46(70)58-36(27-73-49(4,5)6)38(61)21-30(15-12-18-54-47(52)53)43(67)55-24-33(60)20-32(23-41(64)65)45(69)57-35/h7-9,13-14,30-32,34-37H,10-12,15-28,50H2,1-6H3,(H2,51,66)(H,55,67)(H,56,63)(H,57,69)(H,58,70)(H,59,68)(H,64,65)(H4,52,53,54)/t30-,31-,32+,34+,35+,36+,37+/m1/s1. The van der Waals surface area contributed by atoms with Crippen molar-refractivity contribution in [1.29, 1.82) is 0 Å². The molecule has 1 aromatic carbocycles. The van der Waals surface area contributed by atoms with Gasteiger partial charge in [-0.1, -0.05) is 71.9 Å². The quantitative estimate of drug-likeness (QED) is 0.0590.